The molecule has 3 rings (SSSR count). The number of rotatable bonds is 5. The second-order valence-electron chi connectivity index (χ2n) is 6.16. The lowest BCUT2D eigenvalue weighted by Crippen LogP contribution is -2.09. The summed E-state index contributed by atoms with van der Waals surface area (Å²) in [6.07, 6.45) is 12.5. The maximum Gasteiger partial charge on any atom is 0.330 e. The van der Waals surface area contributed by atoms with Crippen LogP contribution in [0.5, 0.6) is 0 Å². The van der Waals surface area contributed by atoms with Crippen LogP contribution in [0.25, 0.3) is 0 Å². The van der Waals surface area contributed by atoms with E-state index in [4.69, 9.17) is 4.74 Å². The van der Waals surface area contributed by atoms with Crippen molar-refractivity contribution in [3.05, 3.63) is 72.9 Å². The highest BCUT2D eigenvalue weighted by atomic mass is 16.5. The first-order chi connectivity index (χ1) is 10.8. The first-order valence-electron chi connectivity index (χ1n) is 7.96. The van der Waals surface area contributed by atoms with Crippen molar-refractivity contribution < 1.29 is 9.53 Å². The Balaban J connectivity index is 1.54. The summed E-state index contributed by atoms with van der Waals surface area (Å²) >= 11 is 0. The third-order valence-electron chi connectivity index (χ3n) is 4.86. The molecule has 114 valence electrons. The Bertz CT molecular complexity index is 585. The zero-order valence-corrected chi connectivity index (χ0v) is 12.7. The molecule has 1 aromatic rings. The molecule has 2 heteroatoms. The fraction of sp³-hybridized carbons (Fsp3) is 0.350. The molecular formula is C20H22O2. The van der Waals surface area contributed by atoms with Crippen LogP contribution in [0.2, 0.25) is 0 Å². The van der Waals surface area contributed by atoms with Crippen LogP contribution < -0.4 is 0 Å². The summed E-state index contributed by atoms with van der Waals surface area (Å²) in [5.74, 6) is 1.96. The van der Waals surface area contributed by atoms with Gasteiger partial charge in [-0.1, -0.05) is 54.6 Å². The number of ether oxygens (including phenoxy) is 1. The van der Waals surface area contributed by atoms with Crippen molar-refractivity contribution in [3.8, 4) is 0 Å². The van der Waals surface area contributed by atoms with Crippen molar-refractivity contribution in [1.29, 1.82) is 0 Å². The molecule has 0 N–H and O–H groups in total. The number of carbonyl (C=O) groups is 1. The van der Waals surface area contributed by atoms with Crippen LogP contribution >= 0.6 is 0 Å². The third-order valence-corrected chi connectivity index (χ3v) is 4.86. The molecule has 0 amide bonds. The fourth-order valence-electron chi connectivity index (χ4n) is 3.72. The Labute approximate surface area is 132 Å². The molecule has 0 radical (unpaired) electrons. The normalized spacial score (nSPS) is 29.6. The number of fused-ring (bicyclic) bond motifs is 1. The Kier molecular flexibility index (Phi) is 4.57. The van der Waals surface area contributed by atoms with Crippen LogP contribution in [0.3, 0.4) is 0 Å². The van der Waals surface area contributed by atoms with Gasteiger partial charge in [0.1, 0.15) is 6.61 Å². The average molecular weight is 294 g/mol. The van der Waals surface area contributed by atoms with E-state index in [2.05, 4.69) is 24.8 Å². The summed E-state index contributed by atoms with van der Waals surface area (Å²) in [5, 5.41) is 0. The highest BCUT2D eigenvalue weighted by molar-refractivity contribution is 5.81. The first kappa shape index (κ1) is 14.8. The predicted molar refractivity (Wildman–Crippen MR) is 87.9 cm³/mol. The van der Waals surface area contributed by atoms with E-state index in [0.717, 1.165) is 18.4 Å². The average Bonchev–Trinajstić information content (AvgIpc) is 3.14. The molecule has 1 saturated carbocycles. The van der Waals surface area contributed by atoms with Gasteiger partial charge in [-0.05, 0) is 42.1 Å². The van der Waals surface area contributed by atoms with Crippen molar-refractivity contribution >= 4 is 5.97 Å². The smallest absolute Gasteiger partial charge is 0.330 e. The minimum atomic E-state index is -0.260. The number of hydrogen-bond acceptors (Lipinski definition) is 2. The summed E-state index contributed by atoms with van der Waals surface area (Å²) in [6.45, 7) is 4.28. The van der Waals surface area contributed by atoms with Crippen LogP contribution in [-0.4, -0.2) is 5.97 Å². The number of esters is 1. The SMILES string of the molecule is C=CC1CC(/C=C/C(=O)OCc2ccccc2)C2C=CCC12. The van der Waals surface area contributed by atoms with Gasteiger partial charge in [0.25, 0.3) is 0 Å². The topological polar surface area (TPSA) is 26.3 Å². The second-order valence-corrected chi connectivity index (χ2v) is 6.16. The van der Waals surface area contributed by atoms with Gasteiger partial charge in [-0.25, -0.2) is 4.79 Å². The van der Waals surface area contributed by atoms with Gasteiger partial charge in [0.2, 0.25) is 0 Å². The van der Waals surface area contributed by atoms with E-state index >= 15 is 0 Å². The van der Waals surface area contributed by atoms with Crippen molar-refractivity contribution in [2.45, 2.75) is 19.4 Å². The van der Waals surface area contributed by atoms with E-state index in [1.165, 1.54) is 0 Å². The Morgan fingerprint density at radius 3 is 2.86 bits per heavy atom. The van der Waals surface area contributed by atoms with Crippen molar-refractivity contribution in [1.82, 2.24) is 0 Å². The van der Waals surface area contributed by atoms with Crippen molar-refractivity contribution in [2.75, 3.05) is 0 Å². The number of hydrogen-bond donors (Lipinski definition) is 0. The fourth-order valence-corrected chi connectivity index (χ4v) is 3.72. The van der Waals surface area contributed by atoms with Crippen molar-refractivity contribution in [2.24, 2.45) is 23.7 Å². The maximum absolute atomic E-state index is 11.9. The summed E-state index contributed by atoms with van der Waals surface area (Å²) in [7, 11) is 0. The minimum absolute atomic E-state index is 0.260. The summed E-state index contributed by atoms with van der Waals surface area (Å²) in [4.78, 5) is 11.9. The van der Waals surface area contributed by atoms with Crippen LogP contribution in [0.15, 0.2) is 67.3 Å². The Morgan fingerprint density at radius 1 is 1.27 bits per heavy atom. The first-order valence-corrected chi connectivity index (χ1v) is 7.96. The standard InChI is InChI=1S/C20H22O2/c1-2-16-13-17(19-10-6-9-18(16)19)11-12-20(21)22-14-15-7-4-3-5-8-15/h2-8,10-12,16-19H,1,9,13-14H2/b12-11+. The number of allylic oxidation sites excluding steroid dienone is 4. The molecule has 4 atom stereocenters. The van der Waals surface area contributed by atoms with Gasteiger partial charge in [-0.15, -0.1) is 6.58 Å². The number of benzene rings is 1. The minimum Gasteiger partial charge on any atom is -0.458 e. The van der Waals surface area contributed by atoms with Gasteiger partial charge in [0.15, 0.2) is 0 Å². The summed E-state index contributed by atoms with van der Waals surface area (Å²) < 4.78 is 5.29. The molecule has 2 aliphatic carbocycles. The zero-order valence-electron chi connectivity index (χ0n) is 12.7. The highest BCUT2D eigenvalue weighted by Crippen LogP contribution is 2.48. The molecule has 4 unspecified atom stereocenters. The lowest BCUT2D eigenvalue weighted by atomic mass is 9.90. The molecule has 22 heavy (non-hydrogen) atoms. The second kappa shape index (κ2) is 6.78. The molecular weight excluding hydrogens is 272 g/mol. The lowest BCUT2D eigenvalue weighted by molar-refractivity contribution is -0.139. The van der Waals surface area contributed by atoms with Gasteiger partial charge < -0.3 is 4.74 Å². The molecule has 0 aromatic heterocycles. The van der Waals surface area contributed by atoms with Gasteiger partial charge in [0, 0.05) is 6.08 Å². The monoisotopic (exact) mass is 294 g/mol. The lowest BCUT2D eigenvalue weighted by Gasteiger charge is -2.15. The van der Waals surface area contributed by atoms with Crippen LogP contribution in [0.4, 0.5) is 0 Å². The largest absolute Gasteiger partial charge is 0.458 e. The van der Waals surface area contributed by atoms with Crippen molar-refractivity contribution in [3.63, 3.8) is 0 Å². The van der Waals surface area contributed by atoms with Gasteiger partial charge in [-0.3, -0.25) is 0 Å². The van der Waals surface area contributed by atoms with Crippen LogP contribution in [0, 0.1) is 23.7 Å². The van der Waals surface area contributed by atoms with Crippen LogP contribution in [0.1, 0.15) is 18.4 Å². The quantitative estimate of drug-likeness (QED) is 0.460. The maximum atomic E-state index is 11.9. The zero-order chi connectivity index (χ0) is 15.4. The third kappa shape index (κ3) is 3.22. The van der Waals surface area contributed by atoms with E-state index < -0.39 is 0 Å². The Hall–Kier alpha value is -2.09. The van der Waals surface area contributed by atoms with Gasteiger partial charge in [0.05, 0.1) is 0 Å². The summed E-state index contributed by atoms with van der Waals surface area (Å²) in [5.41, 5.74) is 1.01. The molecule has 2 nitrogen and oxygen atoms in total. The molecule has 2 aliphatic rings. The van der Waals surface area contributed by atoms with E-state index in [-0.39, 0.29) is 5.97 Å². The van der Waals surface area contributed by atoms with Crippen LogP contribution in [-0.2, 0) is 16.1 Å². The number of carbonyl (C=O) groups excluding carboxylic acids is 1. The molecule has 0 aliphatic heterocycles. The molecule has 0 bridgehead atoms. The highest BCUT2D eigenvalue weighted by Gasteiger charge is 2.40. The molecule has 1 fully saturated rings. The van der Waals surface area contributed by atoms with E-state index in [1.54, 1.807) is 6.08 Å². The molecule has 0 saturated heterocycles. The predicted octanol–water partition coefficient (Wildman–Crippen LogP) is 4.30. The van der Waals surface area contributed by atoms with E-state index in [0.29, 0.717) is 30.3 Å². The molecule has 0 spiro atoms. The summed E-state index contributed by atoms with van der Waals surface area (Å²) in [6, 6.07) is 9.75. The van der Waals surface area contributed by atoms with Gasteiger partial charge in [-0.2, -0.15) is 0 Å². The Morgan fingerprint density at radius 2 is 2.09 bits per heavy atom. The van der Waals surface area contributed by atoms with E-state index in [1.807, 2.05) is 36.4 Å². The van der Waals surface area contributed by atoms with Gasteiger partial charge >= 0.3 is 5.97 Å². The molecule has 1 aromatic carbocycles. The van der Waals surface area contributed by atoms with E-state index in [9.17, 15) is 4.79 Å². The molecule has 0 heterocycles.